The molecule has 0 aliphatic carbocycles. The molecule has 43 heavy (non-hydrogen) atoms. The van der Waals surface area contributed by atoms with Crippen molar-refractivity contribution in [1.82, 2.24) is 0 Å². The van der Waals surface area contributed by atoms with Crippen molar-refractivity contribution in [3.8, 4) is 16.9 Å². The molecular weight excluding hydrogens is 544 g/mol. The Morgan fingerprint density at radius 2 is 1.49 bits per heavy atom. The molecule has 0 bridgehead atoms. The first-order valence-electron chi connectivity index (χ1n) is 14.3. The number of unbranched alkanes of at least 4 members (excludes halogenated alkanes) is 1. The molecule has 3 rings (SSSR count). The van der Waals surface area contributed by atoms with Gasteiger partial charge < -0.3 is 18.6 Å². The average molecular weight is 585 g/mol. The van der Waals surface area contributed by atoms with Crippen molar-refractivity contribution < 1.29 is 28.2 Å². The molecule has 0 radical (unpaired) electrons. The summed E-state index contributed by atoms with van der Waals surface area (Å²) >= 11 is 0. The lowest BCUT2D eigenvalue weighted by atomic mass is 9.97. The second kappa shape index (κ2) is 15.7. The molecule has 0 saturated heterocycles. The monoisotopic (exact) mass is 584 g/mol. The van der Waals surface area contributed by atoms with E-state index in [0.717, 1.165) is 46.9 Å². The van der Waals surface area contributed by atoms with E-state index in [1.54, 1.807) is 38.1 Å². The summed E-state index contributed by atoms with van der Waals surface area (Å²) in [7, 11) is 0. The molecule has 0 amide bonds. The van der Waals surface area contributed by atoms with E-state index in [1.807, 2.05) is 19.1 Å². The van der Waals surface area contributed by atoms with Crippen LogP contribution in [0.3, 0.4) is 0 Å². The van der Waals surface area contributed by atoms with Gasteiger partial charge in [-0.2, -0.15) is 0 Å². The van der Waals surface area contributed by atoms with Gasteiger partial charge in [-0.3, -0.25) is 0 Å². The third-order valence-electron chi connectivity index (χ3n) is 6.75. The van der Waals surface area contributed by atoms with Crippen LogP contribution in [0.15, 0.2) is 100 Å². The Balaban J connectivity index is 1.83. The van der Waals surface area contributed by atoms with Crippen molar-refractivity contribution in [1.29, 1.82) is 0 Å². The Kier molecular flexibility index (Phi) is 12.0. The van der Waals surface area contributed by atoms with Gasteiger partial charge in [0, 0.05) is 23.1 Å². The van der Waals surface area contributed by atoms with E-state index in [2.05, 4.69) is 32.4 Å². The number of rotatable bonds is 16. The number of esters is 2. The Hall–Kier alpha value is -4.49. The number of carbonyl (C=O) groups excluding carboxylic acids is 2. The van der Waals surface area contributed by atoms with Gasteiger partial charge in [0.25, 0.3) is 0 Å². The highest BCUT2D eigenvalue weighted by Gasteiger charge is 2.14. The van der Waals surface area contributed by atoms with Crippen LogP contribution in [0.4, 0.5) is 0 Å². The summed E-state index contributed by atoms with van der Waals surface area (Å²) in [4.78, 5) is 36.6. The van der Waals surface area contributed by atoms with Gasteiger partial charge in [0.2, 0.25) is 0 Å². The van der Waals surface area contributed by atoms with Crippen LogP contribution in [0.25, 0.3) is 22.1 Å². The molecule has 0 spiro atoms. The van der Waals surface area contributed by atoms with Gasteiger partial charge in [0.1, 0.15) is 11.3 Å². The Bertz CT molecular complexity index is 1590. The van der Waals surface area contributed by atoms with Gasteiger partial charge in [-0.1, -0.05) is 50.1 Å². The fraction of sp³-hybridized carbons (Fsp3) is 0.306. The van der Waals surface area contributed by atoms with Crippen LogP contribution in [0.2, 0.25) is 0 Å². The lowest BCUT2D eigenvalue weighted by molar-refractivity contribution is -0.139. The predicted octanol–water partition coefficient (Wildman–Crippen LogP) is 7.47. The lowest BCUT2D eigenvalue weighted by Gasteiger charge is -2.12. The van der Waals surface area contributed by atoms with E-state index in [9.17, 15) is 14.4 Å². The highest BCUT2D eigenvalue weighted by molar-refractivity contribution is 5.89. The predicted molar refractivity (Wildman–Crippen MR) is 170 cm³/mol. The average Bonchev–Trinajstić information content (AvgIpc) is 2.96. The molecule has 1 heterocycles. The minimum absolute atomic E-state index is 0.294. The summed E-state index contributed by atoms with van der Waals surface area (Å²) in [6.45, 7) is 21.5. The fourth-order valence-corrected chi connectivity index (χ4v) is 4.21. The lowest BCUT2D eigenvalue weighted by Crippen LogP contribution is -2.08. The first-order chi connectivity index (χ1) is 20.5. The molecule has 7 nitrogen and oxygen atoms in total. The molecule has 0 unspecified atom stereocenters. The summed E-state index contributed by atoms with van der Waals surface area (Å²) in [5.41, 5.74) is 5.59. The van der Waals surface area contributed by atoms with Gasteiger partial charge in [-0.15, -0.1) is 0 Å². The number of benzene rings is 2. The SMILES string of the molecule is C=C(C)C(=C)COCCCc1cc(CCCCOC(=O)C(=C)C)c2oc(=O)c(-c3ccc(OC(=O)C(=C)C)cc3)cc2c1. The van der Waals surface area contributed by atoms with Crippen molar-refractivity contribution >= 4 is 22.9 Å². The number of fused-ring (bicyclic) bond motifs is 1. The topological polar surface area (TPSA) is 92.0 Å². The quantitative estimate of drug-likeness (QED) is 0.0431. The molecule has 3 aromatic rings. The molecule has 0 N–H and O–H groups in total. The zero-order chi connectivity index (χ0) is 31.5. The molecule has 1 aromatic heterocycles. The van der Waals surface area contributed by atoms with Crippen LogP contribution < -0.4 is 10.4 Å². The molecule has 0 saturated carbocycles. The standard InChI is InChI=1S/C36H40O7/c1-23(2)26(7)22-40-17-10-11-27-19-29(12-8-9-18-41-34(37)24(3)4)33-30(20-27)21-32(36(39)43-33)28-13-15-31(16-14-28)42-35(38)25(5)6/h13-16,19-21H,1,3,5,7-12,17-18,22H2,2,4,6H3. The van der Waals surface area contributed by atoms with E-state index in [0.29, 0.717) is 66.3 Å². The van der Waals surface area contributed by atoms with Crippen LogP contribution in [-0.4, -0.2) is 31.8 Å². The minimum Gasteiger partial charge on any atom is -0.462 e. The third kappa shape index (κ3) is 9.79. The number of carbonyl (C=O) groups is 2. The van der Waals surface area contributed by atoms with Crippen LogP contribution >= 0.6 is 0 Å². The summed E-state index contributed by atoms with van der Waals surface area (Å²) in [6, 6.07) is 12.6. The molecule has 0 aliphatic rings. The maximum absolute atomic E-state index is 13.1. The van der Waals surface area contributed by atoms with E-state index < -0.39 is 17.6 Å². The van der Waals surface area contributed by atoms with Crippen LogP contribution in [-0.2, 0) is 31.9 Å². The second-order valence-electron chi connectivity index (χ2n) is 10.7. The molecule has 226 valence electrons. The molecule has 0 fully saturated rings. The number of hydrogen-bond donors (Lipinski definition) is 0. The first kappa shape index (κ1) is 33.0. The molecule has 2 aromatic carbocycles. The number of aryl methyl sites for hydroxylation is 2. The molecular formula is C36H40O7. The maximum Gasteiger partial charge on any atom is 0.344 e. The van der Waals surface area contributed by atoms with Crippen molar-refractivity contribution in [3.05, 3.63) is 113 Å². The van der Waals surface area contributed by atoms with Crippen LogP contribution in [0, 0.1) is 0 Å². The van der Waals surface area contributed by atoms with Crippen molar-refractivity contribution in [2.45, 2.75) is 52.9 Å². The first-order valence-corrected chi connectivity index (χ1v) is 14.3. The van der Waals surface area contributed by atoms with Crippen LogP contribution in [0.1, 0.15) is 51.2 Å². The summed E-state index contributed by atoms with van der Waals surface area (Å²) in [5, 5.41) is 0.810. The van der Waals surface area contributed by atoms with Gasteiger partial charge >= 0.3 is 17.6 Å². The van der Waals surface area contributed by atoms with Gasteiger partial charge in [0.15, 0.2) is 0 Å². The summed E-state index contributed by atoms with van der Waals surface area (Å²) in [5.74, 6) is -0.560. The largest absolute Gasteiger partial charge is 0.462 e. The number of hydrogen-bond acceptors (Lipinski definition) is 7. The number of ether oxygens (including phenoxy) is 3. The third-order valence-corrected chi connectivity index (χ3v) is 6.75. The zero-order valence-corrected chi connectivity index (χ0v) is 25.4. The van der Waals surface area contributed by atoms with E-state index in [4.69, 9.17) is 18.6 Å². The minimum atomic E-state index is -0.516. The van der Waals surface area contributed by atoms with E-state index in [1.165, 1.54) is 0 Å². The van der Waals surface area contributed by atoms with Crippen molar-refractivity contribution in [2.24, 2.45) is 0 Å². The smallest absolute Gasteiger partial charge is 0.344 e. The highest BCUT2D eigenvalue weighted by atomic mass is 16.5. The summed E-state index contributed by atoms with van der Waals surface area (Å²) in [6.07, 6.45) is 3.63. The maximum atomic E-state index is 13.1. The Morgan fingerprint density at radius 1 is 0.791 bits per heavy atom. The molecule has 7 heteroatoms. The van der Waals surface area contributed by atoms with E-state index >= 15 is 0 Å². The van der Waals surface area contributed by atoms with Gasteiger partial charge in [0.05, 0.1) is 18.8 Å². The van der Waals surface area contributed by atoms with Gasteiger partial charge in [-0.05, 0) is 99.4 Å². The van der Waals surface area contributed by atoms with Crippen LogP contribution in [0.5, 0.6) is 5.75 Å². The van der Waals surface area contributed by atoms with Crippen molar-refractivity contribution in [2.75, 3.05) is 19.8 Å². The van der Waals surface area contributed by atoms with Gasteiger partial charge in [-0.25, -0.2) is 14.4 Å². The Labute approximate surface area is 253 Å². The summed E-state index contributed by atoms with van der Waals surface area (Å²) < 4.78 is 22.1. The second-order valence-corrected chi connectivity index (χ2v) is 10.7. The molecule has 0 aliphatic heterocycles. The highest BCUT2D eigenvalue weighted by Crippen LogP contribution is 2.28. The zero-order valence-electron chi connectivity index (χ0n) is 25.4. The fourth-order valence-electron chi connectivity index (χ4n) is 4.21. The normalized spacial score (nSPS) is 10.8. The van der Waals surface area contributed by atoms with Crippen molar-refractivity contribution in [3.63, 3.8) is 0 Å². The molecule has 0 atom stereocenters. The Morgan fingerprint density at radius 3 is 2.14 bits per heavy atom. The van der Waals surface area contributed by atoms with E-state index in [-0.39, 0.29) is 0 Å².